The fourth-order valence-corrected chi connectivity index (χ4v) is 2.56. The molecule has 3 aromatic rings. The SMILES string of the molecule is O=C(Nc1c(Cl)cccc1Cl)c1c(O)nc2ccccn2c1=O. The molecule has 2 aromatic heterocycles. The van der Waals surface area contributed by atoms with Crippen molar-refractivity contribution in [2.75, 3.05) is 5.32 Å². The third kappa shape index (κ3) is 2.74. The van der Waals surface area contributed by atoms with Gasteiger partial charge in [-0.3, -0.25) is 14.0 Å². The standard InChI is InChI=1S/C15H9Cl2N3O3/c16-8-4-3-5-9(17)12(8)19-14(22)11-13(21)18-10-6-1-2-7-20(10)15(11)23/h1-7,21H,(H,19,22). The third-order valence-corrected chi connectivity index (χ3v) is 3.77. The monoisotopic (exact) mass is 349 g/mol. The number of rotatable bonds is 2. The molecule has 23 heavy (non-hydrogen) atoms. The number of nitrogens with zero attached hydrogens (tertiary/aromatic N) is 2. The quantitative estimate of drug-likeness (QED) is 0.744. The average molecular weight is 350 g/mol. The van der Waals surface area contributed by atoms with E-state index in [1.54, 1.807) is 18.2 Å². The summed E-state index contributed by atoms with van der Waals surface area (Å²) in [5.74, 6) is -1.52. The van der Waals surface area contributed by atoms with E-state index in [4.69, 9.17) is 23.2 Å². The zero-order valence-corrected chi connectivity index (χ0v) is 13.0. The van der Waals surface area contributed by atoms with Crippen molar-refractivity contribution in [3.63, 3.8) is 0 Å². The van der Waals surface area contributed by atoms with Crippen molar-refractivity contribution in [2.45, 2.75) is 0 Å². The molecule has 3 rings (SSSR count). The third-order valence-electron chi connectivity index (χ3n) is 3.14. The number of anilines is 1. The molecular weight excluding hydrogens is 341 g/mol. The van der Waals surface area contributed by atoms with Crippen LogP contribution >= 0.6 is 23.2 Å². The fourth-order valence-electron chi connectivity index (χ4n) is 2.07. The molecule has 0 unspecified atom stereocenters. The van der Waals surface area contributed by atoms with Crippen LogP contribution in [0.25, 0.3) is 5.65 Å². The minimum absolute atomic E-state index is 0.151. The second kappa shape index (κ2) is 5.91. The van der Waals surface area contributed by atoms with E-state index < -0.39 is 22.9 Å². The van der Waals surface area contributed by atoms with Gasteiger partial charge in [-0.2, -0.15) is 4.98 Å². The lowest BCUT2D eigenvalue weighted by atomic mass is 10.2. The number of aromatic hydroxyl groups is 1. The number of aromatic nitrogens is 2. The first-order valence-electron chi connectivity index (χ1n) is 6.45. The van der Waals surface area contributed by atoms with Gasteiger partial charge in [-0.25, -0.2) is 0 Å². The minimum Gasteiger partial charge on any atom is -0.493 e. The van der Waals surface area contributed by atoms with Gasteiger partial charge in [0.25, 0.3) is 11.5 Å². The molecule has 1 aromatic carbocycles. The average Bonchev–Trinajstić information content (AvgIpc) is 2.51. The van der Waals surface area contributed by atoms with E-state index in [0.29, 0.717) is 0 Å². The first-order valence-corrected chi connectivity index (χ1v) is 7.20. The van der Waals surface area contributed by atoms with E-state index in [-0.39, 0.29) is 21.4 Å². The number of hydrogen-bond acceptors (Lipinski definition) is 4. The van der Waals surface area contributed by atoms with Crippen LogP contribution in [0.3, 0.4) is 0 Å². The molecule has 0 aliphatic rings. The van der Waals surface area contributed by atoms with Gasteiger partial charge in [0, 0.05) is 6.20 Å². The molecule has 0 spiro atoms. The molecule has 1 amide bonds. The summed E-state index contributed by atoms with van der Waals surface area (Å²) in [6.45, 7) is 0. The van der Waals surface area contributed by atoms with Gasteiger partial charge in [-0.1, -0.05) is 35.3 Å². The minimum atomic E-state index is -0.853. The highest BCUT2D eigenvalue weighted by Gasteiger charge is 2.21. The van der Waals surface area contributed by atoms with Gasteiger partial charge in [-0.05, 0) is 24.3 Å². The normalized spacial score (nSPS) is 10.7. The highest BCUT2D eigenvalue weighted by atomic mass is 35.5. The molecule has 0 saturated carbocycles. The first kappa shape index (κ1) is 15.3. The molecule has 0 bridgehead atoms. The summed E-state index contributed by atoms with van der Waals surface area (Å²) in [5.41, 5.74) is -0.821. The Morgan fingerprint density at radius 2 is 1.83 bits per heavy atom. The van der Waals surface area contributed by atoms with Crippen LogP contribution in [0.1, 0.15) is 10.4 Å². The van der Waals surface area contributed by atoms with Crippen LogP contribution in [0.5, 0.6) is 5.88 Å². The summed E-state index contributed by atoms with van der Waals surface area (Å²) in [5, 5.41) is 12.8. The van der Waals surface area contributed by atoms with Crippen molar-refractivity contribution in [3.05, 3.63) is 68.6 Å². The second-order valence-electron chi connectivity index (χ2n) is 4.60. The van der Waals surface area contributed by atoms with E-state index in [9.17, 15) is 14.7 Å². The number of carbonyl (C=O) groups excluding carboxylic acids is 1. The Labute approximate surface area is 139 Å². The van der Waals surface area contributed by atoms with Crippen LogP contribution in [0.15, 0.2) is 47.4 Å². The number of amides is 1. The number of benzene rings is 1. The van der Waals surface area contributed by atoms with Crippen LogP contribution < -0.4 is 10.9 Å². The summed E-state index contributed by atoms with van der Waals surface area (Å²) in [6.07, 6.45) is 1.45. The Kier molecular flexibility index (Phi) is 3.94. The number of pyridine rings is 1. The molecule has 0 aliphatic heterocycles. The smallest absolute Gasteiger partial charge is 0.274 e. The van der Waals surface area contributed by atoms with Gasteiger partial charge in [0.15, 0.2) is 5.56 Å². The van der Waals surface area contributed by atoms with Gasteiger partial charge >= 0.3 is 0 Å². The molecule has 2 heterocycles. The van der Waals surface area contributed by atoms with Crippen LogP contribution in [0, 0.1) is 0 Å². The summed E-state index contributed by atoms with van der Waals surface area (Å²) < 4.78 is 1.16. The summed E-state index contributed by atoms with van der Waals surface area (Å²) in [6, 6.07) is 9.49. The molecule has 0 saturated heterocycles. The lowest BCUT2D eigenvalue weighted by Crippen LogP contribution is -2.27. The highest BCUT2D eigenvalue weighted by molar-refractivity contribution is 6.40. The van der Waals surface area contributed by atoms with Gasteiger partial charge in [0.2, 0.25) is 5.88 Å². The highest BCUT2D eigenvalue weighted by Crippen LogP contribution is 2.30. The van der Waals surface area contributed by atoms with Crippen molar-refractivity contribution < 1.29 is 9.90 Å². The van der Waals surface area contributed by atoms with E-state index in [0.717, 1.165) is 4.40 Å². The predicted octanol–water partition coefficient (Wildman–Crippen LogP) is 2.96. The van der Waals surface area contributed by atoms with Crippen molar-refractivity contribution in [1.82, 2.24) is 9.38 Å². The van der Waals surface area contributed by atoms with Gasteiger partial charge in [0.1, 0.15) is 5.65 Å². The van der Waals surface area contributed by atoms with Crippen LogP contribution in [-0.2, 0) is 0 Å². The maximum absolute atomic E-state index is 12.4. The predicted molar refractivity (Wildman–Crippen MR) is 87.5 cm³/mol. The summed E-state index contributed by atoms with van der Waals surface area (Å²) in [7, 11) is 0. The number of fused-ring (bicyclic) bond motifs is 1. The van der Waals surface area contributed by atoms with E-state index in [2.05, 4.69) is 10.3 Å². The molecule has 0 radical (unpaired) electrons. The molecule has 0 atom stereocenters. The van der Waals surface area contributed by atoms with Crippen LogP contribution in [-0.4, -0.2) is 20.4 Å². The number of halogens is 2. The van der Waals surface area contributed by atoms with Crippen molar-refractivity contribution in [1.29, 1.82) is 0 Å². The maximum atomic E-state index is 12.4. The lowest BCUT2D eigenvalue weighted by Gasteiger charge is -2.10. The Balaban J connectivity index is 2.10. The van der Waals surface area contributed by atoms with E-state index >= 15 is 0 Å². The van der Waals surface area contributed by atoms with Crippen LogP contribution in [0.2, 0.25) is 10.0 Å². The maximum Gasteiger partial charge on any atom is 0.274 e. The Hall–Kier alpha value is -2.57. The number of nitrogens with one attached hydrogen (secondary N) is 1. The molecule has 0 aliphatic carbocycles. The molecule has 8 heteroatoms. The van der Waals surface area contributed by atoms with Crippen molar-refractivity contribution >= 4 is 40.4 Å². The first-order chi connectivity index (χ1) is 11.0. The van der Waals surface area contributed by atoms with Gasteiger partial charge in [0.05, 0.1) is 15.7 Å². The number of para-hydroxylation sites is 1. The van der Waals surface area contributed by atoms with E-state index in [1.807, 2.05) is 0 Å². The van der Waals surface area contributed by atoms with Gasteiger partial charge in [-0.15, -0.1) is 0 Å². The van der Waals surface area contributed by atoms with Crippen molar-refractivity contribution in [3.8, 4) is 5.88 Å². The Morgan fingerprint density at radius 1 is 1.13 bits per heavy atom. The fraction of sp³-hybridized carbons (Fsp3) is 0. The Morgan fingerprint density at radius 3 is 2.52 bits per heavy atom. The zero-order valence-electron chi connectivity index (χ0n) is 11.5. The van der Waals surface area contributed by atoms with Gasteiger partial charge < -0.3 is 10.4 Å². The largest absolute Gasteiger partial charge is 0.493 e. The van der Waals surface area contributed by atoms with E-state index in [1.165, 1.54) is 24.4 Å². The topological polar surface area (TPSA) is 83.7 Å². The number of hydrogen-bond donors (Lipinski definition) is 2. The lowest BCUT2D eigenvalue weighted by molar-refractivity contribution is 0.102. The molecule has 2 N–H and O–H groups in total. The molecule has 6 nitrogen and oxygen atoms in total. The van der Waals surface area contributed by atoms with Crippen molar-refractivity contribution in [2.24, 2.45) is 0 Å². The molecule has 116 valence electrons. The zero-order chi connectivity index (χ0) is 16.6. The number of carbonyl (C=O) groups is 1. The summed E-state index contributed by atoms with van der Waals surface area (Å²) in [4.78, 5) is 28.6. The molecular formula is C15H9Cl2N3O3. The summed E-state index contributed by atoms with van der Waals surface area (Å²) >= 11 is 12.0. The molecule has 0 fully saturated rings. The second-order valence-corrected chi connectivity index (χ2v) is 5.41. The van der Waals surface area contributed by atoms with Crippen LogP contribution in [0.4, 0.5) is 5.69 Å². The Bertz CT molecular complexity index is 965.